The van der Waals surface area contributed by atoms with Gasteiger partial charge in [0, 0.05) is 0 Å². The summed E-state index contributed by atoms with van der Waals surface area (Å²) in [6.07, 6.45) is 9.89. The Labute approximate surface area is 154 Å². The van der Waals surface area contributed by atoms with E-state index in [1.54, 1.807) is 0 Å². The molecule has 0 bridgehead atoms. The van der Waals surface area contributed by atoms with Crippen LogP contribution in [0.3, 0.4) is 0 Å². The van der Waals surface area contributed by atoms with Crippen LogP contribution < -0.4 is 0 Å². The Kier molecular flexibility index (Phi) is 10.0. The zero-order valence-electron chi connectivity index (χ0n) is 17.1. The molecule has 0 saturated carbocycles. The molecule has 25 heavy (non-hydrogen) atoms. The van der Waals surface area contributed by atoms with Crippen LogP contribution in [0.1, 0.15) is 98.8 Å². The van der Waals surface area contributed by atoms with Crippen molar-refractivity contribution in [2.75, 3.05) is 0 Å². The lowest BCUT2D eigenvalue weighted by atomic mass is 9.75. The highest BCUT2D eigenvalue weighted by Gasteiger charge is 2.43. The van der Waals surface area contributed by atoms with Crippen molar-refractivity contribution in [3.63, 3.8) is 0 Å². The minimum atomic E-state index is -0.814. The lowest BCUT2D eigenvalue weighted by Gasteiger charge is -2.44. The van der Waals surface area contributed by atoms with Gasteiger partial charge in [-0.15, -0.1) is 0 Å². The van der Waals surface area contributed by atoms with Gasteiger partial charge in [-0.1, -0.05) is 66.7 Å². The van der Waals surface area contributed by atoms with E-state index < -0.39 is 5.97 Å². The second kappa shape index (κ2) is 11.2. The van der Waals surface area contributed by atoms with Crippen LogP contribution in [-0.2, 0) is 14.6 Å². The zero-order valence-corrected chi connectivity index (χ0v) is 17.1. The Hall–Kier alpha value is -0.610. The molecule has 0 aromatic rings. The molecule has 0 amide bonds. The van der Waals surface area contributed by atoms with Crippen LogP contribution in [0.15, 0.2) is 0 Å². The molecule has 1 aliphatic rings. The van der Waals surface area contributed by atoms with Crippen molar-refractivity contribution in [3.05, 3.63) is 0 Å². The quantitative estimate of drug-likeness (QED) is 0.436. The van der Waals surface area contributed by atoms with E-state index in [1.807, 2.05) is 0 Å². The topological polar surface area (TPSA) is 55.8 Å². The molecule has 1 rings (SSSR count). The van der Waals surface area contributed by atoms with E-state index in [0.29, 0.717) is 5.92 Å². The van der Waals surface area contributed by atoms with Gasteiger partial charge in [-0.3, -0.25) is 4.79 Å². The van der Waals surface area contributed by atoms with Gasteiger partial charge in [0.15, 0.2) is 0 Å². The van der Waals surface area contributed by atoms with Crippen molar-refractivity contribution in [2.45, 2.75) is 111 Å². The Morgan fingerprint density at radius 2 is 2.00 bits per heavy atom. The van der Waals surface area contributed by atoms with Crippen LogP contribution in [0.2, 0.25) is 0 Å². The van der Waals surface area contributed by atoms with Crippen LogP contribution in [-0.4, -0.2) is 22.8 Å². The second-order valence-electron chi connectivity index (χ2n) is 8.19. The molecule has 5 atom stereocenters. The Morgan fingerprint density at radius 3 is 2.52 bits per heavy atom. The summed E-state index contributed by atoms with van der Waals surface area (Å²) in [7, 11) is 0. The summed E-state index contributed by atoms with van der Waals surface area (Å²) in [5.74, 6) is 0.846. The van der Waals surface area contributed by atoms with Gasteiger partial charge in [0.2, 0.25) is 0 Å². The third-order valence-corrected chi connectivity index (χ3v) is 6.05. The predicted molar refractivity (Wildman–Crippen MR) is 101 cm³/mol. The Morgan fingerprint density at radius 1 is 1.28 bits per heavy atom. The number of hydrogen-bond acceptors (Lipinski definition) is 3. The first-order valence-corrected chi connectivity index (χ1v) is 10.5. The molecule has 1 saturated heterocycles. The summed E-state index contributed by atoms with van der Waals surface area (Å²) in [6, 6.07) is 0. The van der Waals surface area contributed by atoms with Crippen LogP contribution in [0, 0.1) is 17.8 Å². The first-order chi connectivity index (χ1) is 11.9. The molecular weight excluding hydrogens is 316 g/mol. The second-order valence-corrected chi connectivity index (χ2v) is 8.19. The van der Waals surface area contributed by atoms with Crippen molar-refractivity contribution >= 4 is 5.97 Å². The Balaban J connectivity index is 2.65. The average Bonchev–Trinajstić information content (AvgIpc) is 2.59. The smallest absolute Gasteiger partial charge is 0.306 e. The molecule has 4 nitrogen and oxygen atoms in total. The van der Waals surface area contributed by atoms with Crippen molar-refractivity contribution < 1.29 is 19.7 Å². The first kappa shape index (κ1) is 22.4. The molecule has 0 radical (unpaired) electrons. The summed E-state index contributed by atoms with van der Waals surface area (Å²) < 4.78 is 0. The molecule has 0 aromatic heterocycles. The minimum Gasteiger partial charge on any atom is -0.481 e. The molecule has 0 aromatic carbocycles. The van der Waals surface area contributed by atoms with Gasteiger partial charge in [-0.25, -0.2) is 9.78 Å². The third kappa shape index (κ3) is 7.26. The summed E-state index contributed by atoms with van der Waals surface area (Å²) in [5.41, 5.74) is -0.252. The van der Waals surface area contributed by atoms with Crippen LogP contribution in [0.4, 0.5) is 0 Å². The highest BCUT2D eigenvalue weighted by molar-refractivity contribution is 5.67. The highest BCUT2D eigenvalue weighted by atomic mass is 17.2. The van der Waals surface area contributed by atoms with Crippen LogP contribution >= 0.6 is 0 Å². The van der Waals surface area contributed by atoms with Crippen molar-refractivity contribution in [1.82, 2.24) is 0 Å². The highest BCUT2D eigenvalue weighted by Crippen LogP contribution is 2.41. The van der Waals surface area contributed by atoms with Crippen LogP contribution in [0.5, 0.6) is 0 Å². The predicted octanol–water partition coefficient (Wildman–Crippen LogP) is 5.99. The SMILES string of the molecule is CCCC[C@@H](CC)C[C@@H](C)C[C@]1(CC)C[C@H](CC)[C@H](CC(=O)O)OO1. The van der Waals surface area contributed by atoms with E-state index in [2.05, 4.69) is 34.6 Å². The lowest BCUT2D eigenvalue weighted by Crippen LogP contribution is -2.46. The van der Waals surface area contributed by atoms with Gasteiger partial charge >= 0.3 is 5.97 Å². The zero-order chi connectivity index (χ0) is 18.9. The molecule has 4 heteroatoms. The van der Waals surface area contributed by atoms with E-state index in [1.165, 1.54) is 32.1 Å². The van der Waals surface area contributed by atoms with Gasteiger partial charge < -0.3 is 5.11 Å². The molecule has 1 fully saturated rings. The molecule has 0 spiro atoms. The number of aliphatic carboxylic acids is 1. The fraction of sp³-hybridized carbons (Fsp3) is 0.952. The third-order valence-electron chi connectivity index (χ3n) is 6.05. The van der Waals surface area contributed by atoms with Crippen molar-refractivity contribution in [3.8, 4) is 0 Å². The van der Waals surface area contributed by atoms with Gasteiger partial charge in [0.25, 0.3) is 0 Å². The molecule has 148 valence electrons. The molecule has 0 aliphatic carbocycles. The van der Waals surface area contributed by atoms with Gasteiger partial charge in [0.05, 0.1) is 6.42 Å². The monoisotopic (exact) mass is 356 g/mol. The largest absolute Gasteiger partial charge is 0.481 e. The molecule has 0 unspecified atom stereocenters. The van der Waals surface area contributed by atoms with Gasteiger partial charge in [0.1, 0.15) is 11.7 Å². The molecule has 1 N–H and O–H groups in total. The molecule has 1 aliphatic heterocycles. The van der Waals surface area contributed by atoms with Crippen molar-refractivity contribution in [2.24, 2.45) is 17.8 Å². The fourth-order valence-corrected chi connectivity index (χ4v) is 4.40. The maximum absolute atomic E-state index is 11.0. The lowest BCUT2D eigenvalue weighted by molar-refractivity contribution is -0.424. The molecular formula is C21H40O4. The molecule has 1 heterocycles. The summed E-state index contributed by atoms with van der Waals surface area (Å²) in [4.78, 5) is 22.5. The number of unbranched alkanes of at least 4 members (excludes halogenated alkanes) is 1. The van der Waals surface area contributed by atoms with Crippen molar-refractivity contribution in [1.29, 1.82) is 0 Å². The number of hydrogen-bond donors (Lipinski definition) is 1. The van der Waals surface area contributed by atoms with E-state index in [0.717, 1.165) is 31.6 Å². The minimum absolute atomic E-state index is 0.0305. The number of carbonyl (C=O) groups is 1. The van der Waals surface area contributed by atoms with E-state index in [-0.39, 0.29) is 24.0 Å². The van der Waals surface area contributed by atoms with Gasteiger partial charge in [-0.2, -0.15) is 0 Å². The number of rotatable bonds is 12. The summed E-state index contributed by atoms with van der Waals surface area (Å²) >= 11 is 0. The van der Waals surface area contributed by atoms with Gasteiger partial charge in [-0.05, 0) is 43.4 Å². The number of carboxylic acid groups (broad SMARTS) is 1. The number of carboxylic acids is 1. The summed E-state index contributed by atoms with van der Waals surface area (Å²) in [5, 5.41) is 9.07. The van der Waals surface area contributed by atoms with E-state index in [4.69, 9.17) is 14.9 Å². The average molecular weight is 357 g/mol. The fourth-order valence-electron chi connectivity index (χ4n) is 4.40. The normalized spacial score (nSPS) is 29.3. The van der Waals surface area contributed by atoms with E-state index in [9.17, 15) is 4.79 Å². The maximum atomic E-state index is 11.0. The maximum Gasteiger partial charge on any atom is 0.306 e. The standard InChI is InChI=1S/C21H40O4/c1-6-10-11-17(7-2)12-16(5)14-21(9-4)15-18(8-3)19(24-25-21)13-20(22)23/h16-19H,6-15H2,1-5H3,(H,22,23)/t16-,17-,18+,19+,21-/m1/s1. The Bertz CT molecular complexity index is 384. The first-order valence-electron chi connectivity index (χ1n) is 10.5. The van der Waals surface area contributed by atoms with E-state index >= 15 is 0 Å². The summed E-state index contributed by atoms with van der Waals surface area (Å²) in [6.45, 7) is 11.2. The van der Waals surface area contributed by atoms with Crippen LogP contribution in [0.25, 0.3) is 0 Å².